The predicted molar refractivity (Wildman–Crippen MR) is 43.3 cm³/mol. The van der Waals surface area contributed by atoms with Gasteiger partial charge in [0.05, 0.1) is 5.41 Å². The minimum atomic E-state index is -0.997. The second-order valence-corrected chi connectivity index (χ2v) is 4.87. The fourth-order valence-electron chi connectivity index (χ4n) is 4.60. The molecule has 0 amide bonds. The smallest absolute Gasteiger partial charge is 0.315 e. The monoisotopic (exact) mass is 192 g/mol. The van der Waals surface area contributed by atoms with Crippen LogP contribution < -0.4 is 0 Å². The summed E-state index contributed by atoms with van der Waals surface area (Å²) in [5, 5.41) is 18.3. The number of rotatable bonds is 2. The molecular weight excluding hydrogens is 184 g/mol. The molecule has 0 spiro atoms. The van der Waals surface area contributed by atoms with E-state index in [0.29, 0.717) is 12.3 Å². The largest absolute Gasteiger partial charge is 0.481 e. The highest BCUT2D eigenvalue weighted by Crippen LogP contribution is 2.93. The Morgan fingerprint density at radius 2 is 2.07 bits per heavy atom. The summed E-state index contributed by atoms with van der Waals surface area (Å²) >= 11 is 0. The Morgan fingerprint density at radius 1 is 1.36 bits per heavy atom. The maximum absolute atomic E-state index is 11.2. The quantitative estimate of drug-likeness (QED) is 0.619. The van der Waals surface area contributed by atoms with Gasteiger partial charge >= 0.3 is 11.9 Å². The summed E-state index contributed by atoms with van der Waals surface area (Å²) < 4.78 is 0. The summed E-state index contributed by atoms with van der Waals surface area (Å²) in [6.07, 6.45) is 2.54. The van der Waals surface area contributed by atoms with Gasteiger partial charge in [-0.25, -0.2) is 0 Å². The fraction of sp³-hybridized carbons (Fsp3) is 0.600. The van der Waals surface area contributed by atoms with Crippen LogP contribution in [0.15, 0.2) is 11.6 Å². The molecule has 3 fully saturated rings. The molecule has 4 nitrogen and oxygen atoms in total. The van der Waals surface area contributed by atoms with Gasteiger partial charge < -0.3 is 10.2 Å². The Bertz CT molecular complexity index is 451. The van der Waals surface area contributed by atoms with Crippen molar-refractivity contribution in [3.8, 4) is 0 Å². The van der Waals surface area contributed by atoms with Crippen molar-refractivity contribution in [2.24, 2.45) is 28.6 Å². The van der Waals surface area contributed by atoms with Crippen LogP contribution in [0.3, 0.4) is 0 Å². The lowest BCUT2D eigenvalue weighted by atomic mass is 9.12. The first-order valence-electron chi connectivity index (χ1n) is 4.77. The standard InChI is InChI=1S/C10H8O4/c11-7(12)9-2-5-3-1-4(9)6(3)10(5,9)8(13)14/h1,3,5-6H,2H2,(H,11,12)(H,13,14). The molecule has 0 aromatic carbocycles. The molecule has 4 heteroatoms. The summed E-state index contributed by atoms with van der Waals surface area (Å²) in [7, 11) is 0. The van der Waals surface area contributed by atoms with Crippen LogP contribution in [-0.2, 0) is 9.59 Å². The lowest BCUT2D eigenvalue weighted by Crippen LogP contribution is -2.91. The molecule has 3 saturated carbocycles. The molecule has 5 unspecified atom stereocenters. The van der Waals surface area contributed by atoms with Crippen molar-refractivity contribution in [1.29, 1.82) is 0 Å². The minimum Gasteiger partial charge on any atom is -0.481 e. The molecule has 4 aliphatic carbocycles. The summed E-state index contributed by atoms with van der Waals surface area (Å²) in [5.41, 5.74) is -0.990. The number of carboxylic acids is 2. The maximum atomic E-state index is 11.2. The molecule has 5 atom stereocenters. The highest BCUT2D eigenvalue weighted by Gasteiger charge is 2.97. The van der Waals surface area contributed by atoms with Crippen molar-refractivity contribution in [3.05, 3.63) is 11.6 Å². The van der Waals surface area contributed by atoms with Crippen LogP contribution in [0.5, 0.6) is 0 Å². The Kier molecular flexibility index (Phi) is 0.711. The van der Waals surface area contributed by atoms with Crippen LogP contribution in [0.2, 0.25) is 0 Å². The summed E-state index contributed by atoms with van der Waals surface area (Å²) in [6.45, 7) is 0. The second kappa shape index (κ2) is 1.42. The van der Waals surface area contributed by atoms with Crippen LogP contribution in [0, 0.1) is 28.6 Å². The van der Waals surface area contributed by atoms with Gasteiger partial charge in [0.25, 0.3) is 0 Å². The molecule has 72 valence electrons. The van der Waals surface area contributed by atoms with E-state index in [0.717, 1.165) is 5.57 Å². The van der Waals surface area contributed by atoms with Gasteiger partial charge in [-0.2, -0.15) is 0 Å². The second-order valence-electron chi connectivity index (χ2n) is 4.87. The van der Waals surface area contributed by atoms with Gasteiger partial charge in [0.15, 0.2) is 0 Å². The molecule has 0 aromatic rings. The topological polar surface area (TPSA) is 74.6 Å². The summed E-state index contributed by atoms with van der Waals surface area (Å²) in [6, 6.07) is 0. The molecule has 0 heterocycles. The predicted octanol–water partition coefficient (Wildman–Crippen LogP) is 0.348. The number of allylic oxidation sites excluding steroid dienone is 1. The number of fused-ring (bicyclic) bond motifs is 2. The Labute approximate surface area is 79.2 Å². The fourth-order valence-corrected chi connectivity index (χ4v) is 4.60. The first-order chi connectivity index (χ1) is 6.58. The van der Waals surface area contributed by atoms with Gasteiger partial charge in [-0.3, -0.25) is 9.59 Å². The molecule has 4 aliphatic rings. The van der Waals surface area contributed by atoms with Gasteiger partial charge in [0, 0.05) is 5.92 Å². The van der Waals surface area contributed by atoms with Crippen molar-refractivity contribution in [2.45, 2.75) is 6.42 Å². The van der Waals surface area contributed by atoms with Gasteiger partial charge in [0.2, 0.25) is 0 Å². The van der Waals surface area contributed by atoms with E-state index in [4.69, 9.17) is 5.11 Å². The number of hydrogen-bond acceptors (Lipinski definition) is 2. The third-order valence-corrected chi connectivity index (χ3v) is 5.08. The zero-order valence-electron chi connectivity index (χ0n) is 7.23. The third-order valence-electron chi connectivity index (χ3n) is 5.08. The van der Waals surface area contributed by atoms with E-state index in [9.17, 15) is 14.7 Å². The van der Waals surface area contributed by atoms with E-state index in [1.807, 2.05) is 6.08 Å². The first-order valence-corrected chi connectivity index (χ1v) is 4.77. The first kappa shape index (κ1) is 7.04. The molecule has 0 bridgehead atoms. The Hall–Kier alpha value is -1.32. The minimum absolute atomic E-state index is 0.0786. The van der Waals surface area contributed by atoms with Gasteiger partial charge in [-0.1, -0.05) is 11.6 Å². The molecule has 0 radical (unpaired) electrons. The highest BCUT2D eigenvalue weighted by atomic mass is 16.4. The van der Waals surface area contributed by atoms with Crippen molar-refractivity contribution in [3.63, 3.8) is 0 Å². The lowest BCUT2D eigenvalue weighted by molar-refractivity contribution is -0.332. The van der Waals surface area contributed by atoms with Crippen LogP contribution in [0.1, 0.15) is 6.42 Å². The van der Waals surface area contributed by atoms with Gasteiger partial charge in [0.1, 0.15) is 5.41 Å². The Balaban J connectivity index is 1.96. The molecular formula is C10H8O4. The van der Waals surface area contributed by atoms with E-state index in [-0.39, 0.29) is 11.8 Å². The average molecular weight is 192 g/mol. The lowest BCUT2D eigenvalue weighted by Gasteiger charge is -2.87. The highest BCUT2D eigenvalue weighted by molar-refractivity contribution is 6.00. The summed E-state index contributed by atoms with van der Waals surface area (Å²) in [5.74, 6) is -1.25. The zero-order chi connectivity index (χ0) is 9.88. The number of carbonyl (C=O) groups is 2. The number of carboxylic acid groups (broad SMARTS) is 2. The molecule has 0 aromatic heterocycles. The van der Waals surface area contributed by atoms with E-state index in [1.54, 1.807) is 0 Å². The number of hydrogen-bond donors (Lipinski definition) is 2. The van der Waals surface area contributed by atoms with E-state index in [1.165, 1.54) is 0 Å². The van der Waals surface area contributed by atoms with Crippen molar-refractivity contribution in [1.82, 2.24) is 0 Å². The van der Waals surface area contributed by atoms with Crippen LogP contribution >= 0.6 is 0 Å². The number of aliphatic carboxylic acids is 2. The molecule has 4 rings (SSSR count). The van der Waals surface area contributed by atoms with E-state index >= 15 is 0 Å². The molecule has 14 heavy (non-hydrogen) atoms. The van der Waals surface area contributed by atoms with Crippen LogP contribution in [0.25, 0.3) is 0 Å². The van der Waals surface area contributed by atoms with Gasteiger partial charge in [-0.15, -0.1) is 0 Å². The van der Waals surface area contributed by atoms with Gasteiger partial charge in [-0.05, 0) is 18.3 Å². The Morgan fingerprint density at radius 3 is 2.43 bits per heavy atom. The van der Waals surface area contributed by atoms with E-state index < -0.39 is 22.8 Å². The average Bonchev–Trinajstić information content (AvgIpc) is 2.11. The van der Waals surface area contributed by atoms with Crippen molar-refractivity contribution in [2.75, 3.05) is 0 Å². The maximum Gasteiger partial charge on any atom is 0.315 e. The third kappa shape index (κ3) is 0.291. The van der Waals surface area contributed by atoms with Crippen molar-refractivity contribution >= 4 is 11.9 Å². The SMILES string of the molecule is O=C(O)C12CC3C4C=C1C4C32C(=O)O. The van der Waals surface area contributed by atoms with E-state index in [2.05, 4.69) is 0 Å². The van der Waals surface area contributed by atoms with Crippen LogP contribution in [-0.4, -0.2) is 22.2 Å². The molecule has 2 N–H and O–H groups in total. The summed E-state index contributed by atoms with van der Waals surface area (Å²) in [4.78, 5) is 22.4. The van der Waals surface area contributed by atoms with Crippen LogP contribution in [0.4, 0.5) is 0 Å². The zero-order valence-corrected chi connectivity index (χ0v) is 7.23. The molecule has 0 aliphatic heterocycles. The van der Waals surface area contributed by atoms with Crippen molar-refractivity contribution < 1.29 is 19.8 Å². The normalized spacial score (nSPS) is 59.1. The molecule has 0 saturated heterocycles.